The van der Waals surface area contributed by atoms with E-state index >= 15 is 0 Å². The highest BCUT2D eigenvalue weighted by atomic mass is 32.2. The number of benzene rings is 1. The number of hydrogen-bond donors (Lipinski definition) is 2. The van der Waals surface area contributed by atoms with Crippen molar-refractivity contribution >= 4 is 10.0 Å². The van der Waals surface area contributed by atoms with Crippen LogP contribution in [0, 0.1) is 0 Å². The van der Waals surface area contributed by atoms with Gasteiger partial charge in [0.1, 0.15) is 0 Å². The highest BCUT2D eigenvalue weighted by molar-refractivity contribution is 7.89. The van der Waals surface area contributed by atoms with Crippen LogP contribution in [-0.4, -0.2) is 54.5 Å². The third-order valence-corrected chi connectivity index (χ3v) is 4.72. The Labute approximate surface area is 125 Å². The van der Waals surface area contributed by atoms with Crippen molar-refractivity contribution in [2.24, 2.45) is 0 Å². The van der Waals surface area contributed by atoms with Gasteiger partial charge in [-0.05, 0) is 37.7 Å². The van der Waals surface area contributed by atoms with E-state index in [2.05, 4.69) is 10.0 Å². The van der Waals surface area contributed by atoms with Crippen molar-refractivity contribution in [1.29, 1.82) is 0 Å². The van der Waals surface area contributed by atoms with Gasteiger partial charge in [-0.25, -0.2) is 13.1 Å². The fraction of sp³-hybridized carbons (Fsp3) is 0.571. The van der Waals surface area contributed by atoms with E-state index in [1.54, 1.807) is 12.1 Å². The Morgan fingerprint density at radius 3 is 2.62 bits per heavy atom. The van der Waals surface area contributed by atoms with Crippen molar-refractivity contribution in [2.75, 3.05) is 40.0 Å². The summed E-state index contributed by atoms with van der Waals surface area (Å²) in [5.74, 6) is 0. The second-order valence-corrected chi connectivity index (χ2v) is 6.68. The van der Waals surface area contributed by atoms with Crippen LogP contribution in [0.1, 0.15) is 5.56 Å². The molecule has 1 heterocycles. The number of nitrogens with one attached hydrogen (secondary N) is 2. The van der Waals surface area contributed by atoms with Crippen LogP contribution in [0.4, 0.5) is 0 Å². The van der Waals surface area contributed by atoms with Gasteiger partial charge in [0.05, 0.1) is 30.8 Å². The summed E-state index contributed by atoms with van der Waals surface area (Å²) in [6.07, 6.45) is 0.653. The predicted molar refractivity (Wildman–Crippen MR) is 79.8 cm³/mol. The van der Waals surface area contributed by atoms with Gasteiger partial charge in [0.25, 0.3) is 0 Å². The minimum atomic E-state index is -3.50. The predicted octanol–water partition coefficient (Wildman–Crippen LogP) is 0.142. The maximum Gasteiger partial charge on any atom is 0.240 e. The zero-order chi connectivity index (χ0) is 15.1. The molecule has 118 valence electrons. The summed E-state index contributed by atoms with van der Waals surface area (Å²) >= 11 is 0. The van der Waals surface area contributed by atoms with Gasteiger partial charge in [0, 0.05) is 6.54 Å². The van der Waals surface area contributed by atoms with Crippen molar-refractivity contribution in [3.05, 3.63) is 29.8 Å². The standard InChI is InChI=1S/C14H22N2O4S/c1-15-7-6-12-2-4-14(5-3-12)21(17,18)16-10-13-11-19-8-9-20-13/h2-5,13,15-16H,6-11H2,1H3. The molecule has 1 aliphatic heterocycles. The van der Waals surface area contributed by atoms with Crippen LogP contribution in [0.5, 0.6) is 0 Å². The first-order valence-electron chi connectivity index (χ1n) is 7.04. The summed E-state index contributed by atoms with van der Waals surface area (Å²) in [4.78, 5) is 0.271. The van der Waals surface area contributed by atoms with Crippen molar-refractivity contribution in [1.82, 2.24) is 10.0 Å². The molecule has 2 rings (SSSR count). The molecule has 0 aromatic heterocycles. The van der Waals surface area contributed by atoms with Crippen LogP contribution in [0.15, 0.2) is 29.2 Å². The molecule has 0 saturated carbocycles. The molecule has 1 unspecified atom stereocenters. The van der Waals surface area contributed by atoms with E-state index < -0.39 is 10.0 Å². The van der Waals surface area contributed by atoms with E-state index in [1.165, 1.54) is 0 Å². The molecule has 1 aromatic rings. The Kier molecular flexibility index (Phi) is 6.13. The smallest absolute Gasteiger partial charge is 0.240 e. The highest BCUT2D eigenvalue weighted by Gasteiger charge is 2.19. The molecule has 0 radical (unpaired) electrons. The summed E-state index contributed by atoms with van der Waals surface area (Å²) in [6.45, 7) is 2.59. The average molecular weight is 314 g/mol. The largest absolute Gasteiger partial charge is 0.376 e. The lowest BCUT2D eigenvalue weighted by atomic mass is 10.1. The lowest BCUT2D eigenvalue weighted by molar-refractivity contribution is -0.0846. The minimum absolute atomic E-state index is 0.219. The quantitative estimate of drug-likeness (QED) is 0.749. The fourth-order valence-electron chi connectivity index (χ4n) is 2.05. The zero-order valence-corrected chi connectivity index (χ0v) is 13.0. The van der Waals surface area contributed by atoms with Crippen molar-refractivity contribution < 1.29 is 17.9 Å². The molecule has 1 fully saturated rings. The van der Waals surface area contributed by atoms with E-state index in [-0.39, 0.29) is 17.5 Å². The number of likely N-dealkylation sites (N-methyl/N-ethyl adjacent to an activating group) is 1. The normalized spacial score (nSPS) is 19.6. The summed E-state index contributed by atoms with van der Waals surface area (Å²) < 4.78 is 37.6. The van der Waals surface area contributed by atoms with Crippen LogP contribution in [-0.2, 0) is 25.9 Å². The van der Waals surface area contributed by atoms with Gasteiger partial charge in [-0.2, -0.15) is 0 Å². The first-order chi connectivity index (χ1) is 10.1. The summed E-state index contributed by atoms with van der Waals surface area (Å²) in [7, 11) is -1.61. The molecule has 0 bridgehead atoms. The Bertz CT molecular complexity index is 524. The third-order valence-electron chi connectivity index (χ3n) is 3.28. The van der Waals surface area contributed by atoms with Crippen LogP contribution in [0.25, 0.3) is 0 Å². The molecular formula is C14H22N2O4S. The molecule has 1 aromatic carbocycles. The van der Waals surface area contributed by atoms with Gasteiger partial charge in [-0.15, -0.1) is 0 Å². The average Bonchev–Trinajstić information content (AvgIpc) is 2.52. The zero-order valence-electron chi connectivity index (χ0n) is 12.2. The van der Waals surface area contributed by atoms with E-state index in [0.717, 1.165) is 18.5 Å². The first kappa shape index (κ1) is 16.4. The van der Waals surface area contributed by atoms with Gasteiger partial charge < -0.3 is 14.8 Å². The third kappa shape index (κ3) is 5.05. The van der Waals surface area contributed by atoms with E-state index in [4.69, 9.17) is 9.47 Å². The van der Waals surface area contributed by atoms with Crippen molar-refractivity contribution in [3.8, 4) is 0 Å². The molecule has 7 heteroatoms. The number of hydrogen-bond acceptors (Lipinski definition) is 5. The Morgan fingerprint density at radius 2 is 2.00 bits per heavy atom. The summed E-state index contributed by atoms with van der Waals surface area (Å²) in [5.41, 5.74) is 1.10. The number of ether oxygens (including phenoxy) is 2. The van der Waals surface area contributed by atoms with E-state index in [0.29, 0.717) is 19.8 Å². The first-order valence-corrected chi connectivity index (χ1v) is 8.52. The van der Waals surface area contributed by atoms with Crippen LogP contribution in [0.2, 0.25) is 0 Å². The van der Waals surface area contributed by atoms with Gasteiger partial charge in [-0.3, -0.25) is 0 Å². The topological polar surface area (TPSA) is 76.7 Å². The SMILES string of the molecule is CNCCc1ccc(S(=O)(=O)NCC2COCCO2)cc1. The Hall–Kier alpha value is -0.990. The van der Waals surface area contributed by atoms with Gasteiger partial charge in [0.2, 0.25) is 10.0 Å². The van der Waals surface area contributed by atoms with Crippen molar-refractivity contribution in [2.45, 2.75) is 17.4 Å². The second kappa shape index (κ2) is 7.86. The molecule has 1 atom stereocenters. The maximum absolute atomic E-state index is 12.2. The molecule has 6 nitrogen and oxygen atoms in total. The van der Waals surface area contributed by atoms with E-state index in [9.17, 15) is 8.42 Å². The van der Waals surface area contributed by atoms with Gasteiger partial charge in [-0.1, -0.05) is 12.1 Å². The molecule has 0 spiro atoms. The molecule has 21 heavy (non-hydrogen) atoms. The van der Waals surface area contributed by atoms with E-state index in [1.807, 2.05) is 19.2 Å². The lowest BCUT2D eigenvalue weighted by Crippen LogP contribution is -2.39. The number of rotatable bonds is 7. The molecular weight excluding hydrogens is 292 g/mol. The summed E-state index contributed by atoms with van der Waals surface area (Å²) in [5, 5.41) is 3.06. The van der Waals surface area contributed by atoms with Crippen LogP contribution < -0.4 is 10.0 Å². The lowest BCUT2D eigenvalue weighted by Gasteiger charge is -2.23. The minimum Gasteiger partial charge on any atom is -0.376 e. The van der Waals surface area contributed by atoms with Crippen molar-refractivity contribution in [3.63, 3.8) is 0 Å². The Balaban J connectivity index is 1.91. The van der Waals surface area contributed by atoms with Crippen LogP contribution >= 0.6 is 0 Å². The molecule has 0 aliphatic carbocycles. The van der Waals surface area contributed by atoms with Crippen LogP contribution in [0.3, 0.4) is 0 Å². The molecule has 1 saturated heterocycles. The highest BCUT2D eigenvalue weighted by Crippen LogP contribution is 2.11. The number of sulfonamides is 1. The Morgan fingerprint density at radius 1 is 1.24 bits per heavy atom. The molecule has 0 amide bonds. The molecule has 1 aliphatic rings. The molecule has 2 N–H and O–H groups in total. The maximum atomic E-state index is 12.2. The van der Waals surface area contributed by atoms with Gasteiger partial charge >= 0.3 is 0 Å². The monoisotopic (exact) mass is 314 g/mol. The second-order valence-electron chi connectivity index (χ2n) is 4.92. The fourth-order valence-corrected chi connectivity index (χ4v) is 3.11. The summed E-state index contributed by atoms with van der Waals surface area (Å²) in [6, 6.07) is 6.94. The van der Waals surface area contributed by atoms with Gasteiger partial charge in [0.15, 0.2) is 0 Å².